The molecule has 0 bridgehead atoms. The van der Waals surface area contributed by atoms with Crippen LogP contribution in [0.15, 0.2) is 17.1 Å². The summed E-state index contributed by atoms with van der Waals surface area (Å²) in [4.78, 5) is 23.3. The molecule has 0 saturated carbocycles. The van der Waals surface area contributed by atoms with Gasteiger partial charge in [-0.1, -0.05) is 27.7 Å². The molecule has 0 amide bonds. The van der Waals surface area contributed by atoms with Crippen LogP contribution in [-0.4, -0.2) is 10.4 Å². The number of hydrogen-bond acceptors (Lipinski definition) is 2. The fraction of sp³-hybridized carbons (Fsp3) is 0.538. The van der Waals surface area contributed by atoms with Crippen LogP contribution in [0.5, 0.6) is 0 Å². The van der Waals surface area contributed by atoms with Crippen LogP contribution in [0, 0.1) is 0 Å². The Morgan fingerprint density at radius 3 is 2.38 bits per heavy atom. The lowest BCUT2D eigenvalue weighted by atomic mass is 9.90. The first-order valence-electron chi connectivity index (χ1n) is 5.51. The second-order valence-electron chi connectivity index (χ2n) is 5.07. The molecule has 0 spiro atoms. The third-order valence-electron chi connectivity index (χ3n) is 2.63. The lowest BCUT2D eigenvalue weighted by molar-refractivity contribution is 0.0986. The quantitative estimate of drug-likeness (QED) is 0.719. The summed E-state index contributed by atoms with van der Waals surface area (Å²) < 4.78 is 1.87. The maximum atomic E-state index is 11.8. The number of ketones is 1. The highest BCUT2D eigenvalue weighted by atomic mass is 16.1. The van der Waals surface area contributed by atoms with Crippen LogP contribution in [0.4, 0.5) is 0 Å². The normalized spacial score (nSPS) is 11.6. The Bertz CT molecular complexity index is 464. The van der Waals surface area contributed by atoms with E-state index >= 15 is 0 Å². The zero-order valence-electron chi connectivity index (χ0n) is 10.6. The Labute approximate surface area is 96.1 Å². The Hall–Kier alpha value is -1.38. The molecule has 1 aromatic heterocycles. The van der Waals surface area contributed by atoms with E-state index in [1.54, 1.807) is 19.2 Å². The lowest BCUT2D eigenvalue weighted by Crippen LogP contribution is -2.25. The van der Waals surface area contributed by atoms with Gasteiger partial charge in [0, 0.05) is 36.8 Å². The third kappa shape index (κ3) is 2.40. The molecule has 1 aromatic rings. The van der Waals surface area contributed by atoms with E-state index in [2.05, 4.69) is 0 Å². The molecule has 0 N–H and O–H groups in total. The Kier molecular flexibility index (Phi) is 3.36. The molecule has 88 valence electrons. The highest BCUT2D eigenvalue weighted by Gasteiger charge is 2.19. The van der Waals surface area contributed by atoms with Crippen molar-refractivity contribution in [3.05, 3.63) is 33.7 Å². The van der Waals surface area contributed by atoms with E-state index in [0.717, 1.165) is 5.69 Å². The van der Waals surface area contributed by atoms with Crippen molar-refractivity contribution >= 4 is 5.78 Å². The molecule has 3 nitrogen and oxygen atoms in total. The van der Waals surface area contributed by atoms with Crippen molar-refractivity contribution in [2.24, 2.45) is 7.05 Å². The average Bonchev–Trinajstić information content (AvgIpc) is 2.18. The molecule has 3 heteroatoms. The van der Waals surface area contributed by atoms with E-state index in [0.29, 0.717) is 6.42 Å². The standard InChI is InChI=1S/C13H19NO2/c1-6-10(15)9-8-14(5)12(7-11(9)16)13(2,3)4/h7-8H,6H2,1-5H3. The molecule has 0 atom stereocenters. The summed E-state index contributed by atoms with van der Waals surface area (Å²) in [7, 11) is 1.87. The Balaban J connectivity index is 3.40. The van der Waals surface area contributed by atoms with Crippen LogP contribution in [0.1, 0.15) is 50.2 Å². The average molecular weight is 221 g/mol. The van der Waals surface area contributed by atoms with Crippen molar-refractivity contribution in [1.82, 2.24) is 4.57 Å². The fourth-order valence-corrected chi connectivity index (χ4v) is 1.78. The van der Waals surface area contributed by atoms with Crippen LogP contribution < -0.4 is 5.43 Å². The Morgan fingerprint density at radius 1 is 1.38 bits per heavy atom. The molecule has 0 aliphatic heterocycles. The molecular formula is C13H19NO2. The number of carbonyl (C=O) groups excluding carboxylic acids is 1. The van der Waals surface area contributed by atoms with Gasteiger partial charge in [0.2, 0.25) is 0 Å². The number of pyridine rings is 1. The first-order valence-corrected chi connectivity index (χ1v) is 5.51. The monoisotopic (exact) mass is 221 g/mol. The maximum absolute atomic E-state index is 11.8. The number of carbonyl (C=O) groups is 1. The molecule has 16 heavy (non-hydrogen) atoms. The zero-order valence-corrected chi connectivity index (χ0v) is 10.6. The first-order chi connectivity index (χ1) is 7.27. The van der Waals surface area contributed by atoms with Gasteiger partial charge in [-0.3, -0.25) is 9.59 Å². The number of aromatic nitrogens is 1. The van der Waals surface area contributed by atoms with Gasteiger partial charge in [0.05, 0.1) is 5.56 Å². The number of nitrogens with zero attached hydrogens (tertiary/aromatic N) is 1. The van der Waals surface area contributed by atoms with Gasteiger partial charge in [0.25, 0.3) is 0 Å². The molecule has 0 aliphatic carbocycles. The topological polar surface area (TPSA) is 39.1 Å². The molecule has 0 aliphatic rings. The molecule has 0 radical (unpaired) electrons. The van der Waals surface area contributed by atoms with Crippen molar-refractivity contribution in [3.8, 4) is 0 Å². The van der Waals surface area contributed by atoms with Crippen molar-refractivity contribution in [2.75, 3.05) is 0 Å². The van der Waals surface area contributed by atoms with Gasteiger partial charge < -0.3 is 4.57 Å². The minimum absolute atomic E-state index is 0.0955. The number of aryl methyl sites for hydroxylation is 1. The highest BCUT2D eigenvalue weighted by Crippen LogP contribution is 2.20. The van der Waals surface area contributed by atoms with Crippen LogP contribution in [0.3, 0.4) is 0 Å². The molecule has 1 rings (SSSR count). The second kappa shape index (κ2) is 4.24. The van der Waals surface area contributed by atoms with Gasteiger partial charge in [0.1, 0.15) is 0 Å². The van der Waals surface area contributed by atoms with Crippen LogP contribution >= 0.6 is 0 Å². The summed E-state index contributed by atoms with van der Waals surface area (Å²) in [5.41, 5.74) is 0.958. The van der Waals surface area contributed by atoms with Gasteiger partial charge in [0.15, 0.2) is 11.2 Å². The fourth-order valence-electron chi connectivity index (χ4n) is 1.78. The van der Waals surface area contributed by atoms with Gasteiger partial charge in [-0.2, -0.15) is 0 Å². The molecule has 0 unspecified atom stereocenters. The predicted molar refractivity (Wildman–Crippen MR) is 65.0 cm³/mol. The number of Topliss-reactive ketones (excluding diaryl/α,β-unsaturated/α-hetero) is 1. The summed E-state index contributed by atoms with van der Waals surface area (Å²) in [5.74, 6) is -0.0962. The third-order valence-corrected chi connectivity index (χ3v) is 2.63. The smallest absolute Gasteiger partial charge is 0.192 e. The van der Waals surface area contributed by atoms with Gasteiger partial charge in [-0.15, -0.1) is 0 Å². The maximum Gasteiger partial charge on any atom is 0.192 e. The minimum Gasteiger partial charge on any atom is -0.353 e. The molecule has 0 fully saturated rings. The van der Waals surface area contributed by atoms with Crippen LogP contribution in [-0.2, 0) is 12.5 Å². The van der Waals surface area contributed by atoms with E-state index in [1.165, 1.54) is 0 Å². The number of hydrogen-bond donors (Lipinski definition) is 0. The largest absolute Gasteiger partial charge is 0.353 e. The Morgan fingerprint density at radius 2 is 1.94 bits per heavy atom. The summed E-state index contributed by atoms with van der Waals surface area (Å²) >= 11 is 0. The summed E-state index contributed by atoms with van der Waals surface area (Å²) in [6.45, 7) is 7.90. The lowest BCUT2D eigenvalue weighted by Gasteiger charge is -2.22. The predicted octanol–water partition coefficient (Wildman–Crippen LogP) is 2.28. The van der Waals surface area contributed by atoms with Gasteiger partial charge in [-0.25, -0.2) is 0 Å². The summed E-state index contributed by atoms with van der Waals surface area (Å²) in [5, 5.41) is 0. The molecule has 0 saturated heterocycles. The van der Waals surface area contributed by atoms with E-state index in [9.17, 15) is 9.59 Å². The van der Waals surface area contributed by atoms with Crippen molar-refractivity contribution in [2.45, 2.75) is 39.5 Å². The van der Waals surface area contributed by atoms with Crippen LogP contribution in [0.2, 0.25) is 0 Å². The summed E-state index contributed by atoms with van der Waals surface area (Å²) in [6.07, 6.45) is 2.01. The first kappa shape index (κ1) is 12.7. The highest BCUT2D eigenvalue weighted by molar-refractivity contribution is 5.95. The SMILES string of the molecule is CCC(=O)c1cn(C)c(C(C)(C)C)cc1=O. The van der Waals surface area contributed by atoms with E-state index < -0.39 is 0 Å². The molecule has 1 heterocycles. The minimum atomic E-state index is -0.171. The molecular weight excluding hydrogens is 202 g/mol. The van der Waals surface area contributed by atoms with Crippen molar-refractivity contribution in [3.63, 3.8) is 0 Å². The molecule has 0 aromatic carbocycles. The van der Waals surface area contributed by atoms with E-state index in [-0.39, 0.29) is 22.2 Å². The summed E-state index contributed by atoms with van der Waals surface area (Å²) in [6, 6.07) is 1.57. The van der Waals surface area contributed by atoms with E-state index in [1.807, 2.05) is 32.4 Å². The van der Waals surface area contributed by atoms with E-state index in [4.69, 9.17) is 0 Å². The van der Waals surface area contributed by atoms with Crippen molar-refractivity contribution < 1.29 is 4.79 Å². The van der Waals surface area contributed by atoms with Crippen LogP contribution in [0.25, 0.3) is 0 Å². The number of rotatable bonds is 2. The van der Waals surface area contributed by atoms with Gasteiger partial charge >= 0.3 is 0 Å². The van der Waals surface area contributed by atoms with Gasteiger partial charge in [-0.05, 0) is 0 Å². The van der Waals surface area contributed by atoms with Crippen molar-refractivity contribution in [1.29, 1.82) is 0 Å². The second-order valence-corrected chi connectivity index (χ2v) is 5.07. The zero-order chi connectivity index (χ0) is 12.5.